The number of carbonyl (C=O) groups excluding carboxylic acids is 1. The van der Waals surface area contributed by atoms with Crippen molar-refractivity contribution in [1.82, 2.24) is 0 Å². The summed E-state index contributed by atoms with van der Waals surface area (Å²) in [5, 5.41) is 0. The number of hydrogen-bond acceptors (Lipinski definition) is 2. The summed E-state index contributed by atoms with van der Waals surface area (Å²) in [6.45, 7) is 0. The first-order chi connectivity index (χ1) is 11.3. The van der Waals surface area contributed by atoms with Crippen molar-refractivity contribution in [1.29, 1.82) is 0 Å². The predicted molar refractivity (Wildman–Crippen MR) is 93.6 cm³/mol. The van der Waals surface area contributed by atoms with Gasteiger partial charge in [-0.1, -0.05) is 48.9 Å². The molecule has 0 N–H and O–H groups in total. The molecular formula is C21H22O2. The van der Waals surface area contributed by atoms with E-state index in [1.165, 1.54) is 5.56 Å². The molecule has 0 bridgehead atoms. The minimum atomic E-state index is 0.100. The van der Waals surface area contributed by atoms with Gasteiger partial charge >= 0.3 is 0 Å². The third-order valence-electron chi connectivity index (χ3n) is 4.62. The molecule has 2 atom stereocenters. The fourth-order valence-corrected chi connectivity index (χ4v) is 3.31. The maximum absolute atomic E-state index is 12.8. The van der Waals surface area contributed by atoms with Crippen LogP contribution >= 0.6 is 0 Å². The average Bonchev–Trinajstić information content (AvgIpc) is 3.09. The molecule has 1 saturated carbocycles. The van der Waals surface area contributed by atoms with Gasteiger partial charge in [0.1, 0.15) is 5.75 Å². The van der Waals surface area contributed by atoms with Crippen LogP contribution in [0.15, 0.2) is 60.7 Å². The van der Waals surface area contributed by atoms with Gasteiger partial charge in [0.2, 0.25) is 0 Å². The summed E-state index contributed by atoms with van der Waals surface area (Å²) < 4.78 is 5.16. The molecule has 1 aliphatic rings. The molecule has 2 heteroatoms. The van der Waals surface area contributed by atoms with E-state index < -0.39 is 0 Å². The van der Waals surface area contributed by atoms with Crippen LogP contribution < -0.4 is 4.74 Å². The van der Waals surface area contributed by atoms with Crippen molar-refractivity contribution in [3.63, 3.8) is 0 Å². The van der Waals surface area contributed by atoms with Gasteiger partial charge < -0.3 is 4.74 Å². The molecule has 0 heterocycles. The summed E-state index contributed by atoms with van der Waals surface area (Å²) >= 11 is 0. The summed E-state index contributed by atoms with van der Waals surface area (Å²) in [5.41, 5.74) is 1.98. The number of carbonyl (C=O) groups is 1. The largest absolute Gasteiger partial charge is 0.497 e. The number of allylic oxidation sites excluding steroid dienone is 1. The summed E-state index contributed by atoms with van der Waals surface area (Å²) in [6, 6.07) is 17.7. The van der Waals surface area contributed by atoms with Crippen molar-refractivity contribution in [3.8, 4) is 5.75 Å². The molecule has 2 nitrogen and oxygen atoms in total. The Labute approximate surface area is 137 Å². The second-order valence-corrected chi connectivity index (χ2v) is 6.06. The van der Waals surface area contributed by atoms with Crippen LogP contribution in [0.4, 0.5) is 0 Å². The Hall–Kier alpha value is -2.35. The van der Waals surface area contributed by atoms with Crippen molar-refractivity contribution in [2.45, 2.75) is 19.3 Å². The highest BCUT2D eigenvalue weighted by Gasteiger charge is 2.31. The Morgan fingerprint density at radius 2 is 1.78 bits per heavy atom. The van der Waals surface area contributed by atoms with E-state index in [9.17, 15) is 4.79 Å². The molecular weight excluding hydrogens is 284 g/mol. The van der Waals surface area contributed by atoms with E-state index in [1.54, 1.807) is 7.11 Å². The number of ether oxygens (including phenoxy) is 1. The molecule has 1 aliphatic carbocycles. The standard InChI is InChI=1S/C21H22O2/c1-23-19-14-12-18(13-15-19)21(22)20-9-5-8-17(20)11-10-16-6-3-2-4-7-16/h2-4,6-7,10-15,17,20H,5,8-9H2,1H3/b11-10+/t17-,20+/m1/s1. The highest BCUT2D eigenvalue weighted by Crippen LogP contribution is 2.35. The van der Waals surface area contributed by atoms with Gasteiger partial charge in [0.05, 0.1) is 7.11 Å². The third kappa shape index (κ3) is 3.70. The smallest absolute Gasteiger partial charge is 0.166 e. The maximum Gasteiger partial charge on any atom is 0.166 e. The number of rotatable bonds is 5. The van der Waals surface area contributed by atoms with Crippen molar-refractivity contribution in [2.75, 3.05) is 7.11 Å². The van der Waals surface area contributed by atoms with Gasteiger partial charge in [0.25, 0.3) is 0 Å². The van der Waals surface area contributed by atoms with Gasteiger partial charge in [-0.15, -0.1) is 0 Å². The average molecular weight is 306 g/mol. The van der Waals surface area contributed by atoms with Crippen LogP contribution in [0, 0.1) is 11.8 Å². The molecule has 0 saturated heterocycles. The minimum absolute atomic E-state index is 0.100. The molecule has 0 unspecified atom stereocenters. The van der Waals surface area contributed by atoms with E-state index in [1.807, 2.05) is 42.5 Å². The molecule has 2 aromatic rings. The Bertz CT molecular complexity index is 671. The van der Waals surface area contributed by atoms with Gasteiger partial charge in [0.15, 0.2) is 5.78 Å². The fourth-order valence-electron chi connectivity index (χ4n) is 3.31. The molecule has 2 aromatic carbocycles. The summed E-state index contributed by atoms with van der Waals surface area (Å²) in [5.74, 6) is 1.48. The first-order valence-electron chi connectivity index (χ1n) is 8.19. The van der Waals surface area contributed by atoms with E-state index in [-0.39, 0.29) is 11.7 Å². The van der Waals surface area contributed by atoms with Crippen LogP contribution in [-0.2, 0) is 0 Å². The predicted octanol–water partition coefficient (Wildman–Crippen LogP) is 5.01. The van der Waals surface area contributed by atoms with E-state index >= 15 is 0 Å². The Kier molecular flexibility index (Phi) is 4.92. The van der Waals surface area contributed by atoms with Gasteiger partial charge in [-0.3, -0.25) is 4.79 Å². The zero-order valence-corrected chi connectivity index (χ0v) is 13.4. The molecule has 0 aliphatic heterocycles. The van der Waals surface area contributed by atoms with Gasteiger partial charge in [0, 0.05) is 11.5 Å². The van der Waals surface area contributed by atoms with E-state index in [2.05, 4.69) is 24.3 Å². The number of Topliss-reactive ketones (excluding diaryl/α,β-unsaturated/α-hetero) is 1. The first-order valence-corrected chi connectivity index (χ1v) is 8.19. The van der Waals surface area contributed by atoms with Crippen molar-refractivity contribution < 1.29 is 9.53 Å². The lowest BCUT2D eigenvalue weighted by molar-refractivity contribution is 0.0905. The van der Waals surface area contributed by atoms with Crippen molar-refractivity contribution >= 4 is 11.9 Å². The summed E-state index contributed by atoms with van der Waals surface area (Å²) in [4.78, 5) is 12.8. The van der Waals surface area contributed by atoms with Crippen molar-refractivity contribution in [2.24, 2.45) is 11.8 Å². The van der Waals surface area contributed by atoms with Crippen LogP contribution in [0.5, 0.6) is 5.75 Å². The molecule has 3 rings (SSSR count). The second kappa shape index (κ2) is 7.28. The zero-order valence-electron chi connectivity index (χ0n) is 13.4. The van der Waals surface area contributed by atoms with Crippen LogP contribution in [-0.4, -0.2) is 12.9 Å². The third-order valence-corrected chi connectivity index (χ3v) is 4.62. The Morgan fingerprint density at radius 3 is 2.48 bits per heavy atom. The second-order valence-electron chi connectivity index (χ2n) is 6.06. The Balaban J connectivity index is 1.72. The fraction of sp³-hybridized carbons (Fsp3) is 0.286. The quantitative estimate of drug-likeness (QED) is 0.726. The van der Waals surface area contributed by atoms with Crippen LogP contribution in [0.1, 0.15) is 35.2 Å². The number of hydrogen-bond donors (Lipinski definition) is 0. The molecule has 0 radical (unpaired) electrons. The molecule has 0 spiro atoms. The van der Waals surface area contributed by atoms with Crippen LogP contribution in [0.3, 0.4) is 0 Å². The normalized spacial score (nSPS) is 20.7. The summed E-state index contributed by atoms with van der Waals surface area (Å²) in [7, 11) is 1.64. The molecule has 0 amide bonds. The van der Waals surface area contributed by atoms with Gasteiger partial charge in [-0.2, -0.15) is 0 Å². The van der Waals surface area contributed by atoms with Gasteiger partial charge in [-0.05, 0) is 48.6 Å². The number of ketones is 1. The highest BCUT2D eigenvalue weighted by molar-refractivity contribution is 5.98. The maximum atomic E-state index is 12.8. The topological polar surface area (TPSA) is 26.3 Å². The van der Waals surface area contributed by atoms with E-state index in [0.29, 0.717) is 5.92 Å². The van der Waals surface area contributed by atoms with E-state index in [0.717, 1.165) is 30.6 Å². The lowest BCUT2D eigenvalue weighted by Gasteiger charge is -2.15. The molecule has 23 heavy (non-hydrogen) atoms. The van der Waals surface area contributed by atoms with Crippen molar-refractivity contribution in [3.05, 3.63) is 71.8 Å². The lowest BCUT2D eigenvalue weighted by atomic mass is 9.88. The minimum Gasteiger partial charge on any atom is -0.497 e. The van der Waals surface area contributed by atoms with E-state index in [4.69, 9.17) is 4.74 Å². The Morgan fingerprint density at radius 1 is 1.04 bits per heavy atom. The number of methoxy groups -OCH3 is 1. The summed E-state index contributed by atoms with van der Waals surface area (Å²) in [6.07, 6.45) is 7.56. The van der Waals surface area contributed by atoms with Crippen LogP contribution in [0.25, 0.3) is 6.08 Å². The first kappa shape index (κ1) is 15.5. The number of benzene rings is 2. The monoisotopic (exact) mass is 306 g/mol. The zero-order chi connectivity index (χ0) is 16.1. The molecule has 0 aromatic heterocycles. The lowest BCUT2D eigenvalue weighted by Crippen LogP contribution is -2.17. The highest BCUT2D eigenvalue weighted by atomic mass is 16.5. The SMILES string of the molecule is COc1ccc(C(=O)[C@H]2CCC[C@@H]2/C=C/c2ccccc2)cc1. The van der Waals surface area contributed by atoms with Crippen LogP contribution in [0.2, 0.25) is 0 Å². The molecule has 118 valence electrons. The molecule has 1 fully saturated rings. The van der Waals surface area contributed by atoms with Gasteiger partial charge in [-0.25, -0.2) is 0 Å².